The van der Waals surface area contributed by atoms with E-state index < -0.39 is 24.5 Å². The van der Waals surface area contributed by atoms with E-state index in [0.717, 1.165) is 62.7 Å². The smallest absolute Gasteiger partial charge is 0.422 e. The Morgan fingerprint density at radius 2 is 1.96 bits per heavy atom. The second kappa shape index (κ2) is 17.9. The van der Waals surface area contributed by atoms with E-state index in [1.807, 2.05) is 46.8 Å². The first-order valence-corrected chi connectivity index (χ1v) is 16.5. The van der Waals surface area contributed by atoms with Gasteiger partial charge in [0.05, 0.1) is 18.4 Å². The highest BCUT2D eigenvalue weighted by molar-refractivity contribution is 6.14. The van der Waals surface area contributed by atoms with Crippen LogP contribution in [0.15, 0.2) is 70.0 Å². The summed E-state index contributed by atoms with van der Waals surface area (Å²) >= 11 is 0. The average molecular weight is 671 g/mol. The number of amides is 1. The van der Waals surface area contributed by atoms with Gasteiger partial charge in [0.2, 0.25) is 0 Å². The minimum atomic E-state index is -4.63. The Hall–Kier alpha value is -4.03. The highest BCUT2D eigenvalue weighted by atomic mass is 19.4. The number of nitrogens with zero attached hydrogens (tertiary/aromatic N) is 3. The molecule has 262 valence electrons. The van der Waals surface area contributed by atoms with Crippen LogP contribution in [-0.4, -0.2) is 80.1 Å². The number of anilines is 1. The highest BCUT2D eigenvalue weighted by Gasteiger charge is 2.45. The van der Waals surface area contributed by atoms with Crippen LogP contribution in [0.1, 0.15) is 77.1 Å². The Morgan fingerprint density at radius 3 is 2.58 bits per heavy atom. The number of benzene rings is 1. The number of halogens is 3. The molecule has 1 spiro atoms. The quantitative estimate of drug-likeness (QED) is 0.0557. The zero-order valence-electron chi connectivity index (χ0n) is 28.7. The number of alkyl halides is 3. The molecule has 1 heterocycles. The summed E-state index contributed by atoms with van der Waals surface area (Å²) in [5.74, 6) is -1.03. The number of hydrogen-bond donors (Lipinski definition) is 3. The van der Waals surface area contributed by atoms with Gasteiger partial charge in [-0.05, 0) is 70.7 Å². The van der Waals surface area contributed by atoms with E-state index in [4.69, 9.17) is 10.1 Å². The van der Waals surface area contributed by atoms with E-state index >= 15 is 0 Å². The summed E-state index contributed by atoms with van der Waals surface area (Å²) in [6, 6.07) is 4.11. The van der Waals surface area contributed by atoms with Gasteiger partial charge in [0, 0.05) is 54.8 Å². The number of ketones is 1. The largest absolute Gasteiger partial charge is 0.482 e. The van der Waals surface area contributed by atoms with Crippen molar-refractivity contribution in [3.05, 3.63) is 70.5 Å². The van der Waals surface area contributed by atoms with E-state index in [0.29, 0.717) is 24.2 Å². The van der Waals surface area contributed by atoms with Gasteiger partial charge in [-0.2, -0.15) is 18.3 Å². The molecule has 0 aromatic heterocycles. The van der Waals surface area contributed by atoms with Crippen LogP contribution in [0.5, 0.6) is 5.75 Å². The number of piperazine rings is 1. The van der Waals surface area contributed by atoms with Crippen LogP contribution >= 0.6 is 0 Å². The minimum Gasteiger partial charge on any atom is -0.482 e. The monoisotopic (exact) mass is 670 g/mol. The van der Waals surface area contributed by atoms with E-state index in [-0.39, 0.29) is 29.1 Å². The van der Waals surface area contributed by atoms with Crippen LogP contribution in [0, 0.1) is 5.41 Å². The Balaban J connectivity index is 2.22. The molecule has 0 bridgehead atoms. The maximum atomic E-state index is 14.8. The van der Waals surface area contributed by atoms with Crippen molar-refractivity contribution in [1.29, 1.82) is 5.41 Å². The fraction of sp³-hybridized carbons (Fsp3) is 0.500. The molecule has 1 amide bonds. The molecule has 0 unspecified atom stereocenters. The molecule has 1 aromatic carbocycles. The minimum absolute atomic E-state index is 0.0455. The average Bonchev–Trinajstić information content (AvgIpc) is 3.79. The van der Waals surface area contributed by atoms with E-state index in [1.54, 1.807) is 12.2 Å². The predicted molar refractivity (Wildman–Crippen MR) is 186 cm³/mol. The summed E-state index contributed by atoms with van der Waals surface area (Å²) in [6.07, 6.45) is 9.29. The van der Waals surface area contributed by atoms with Crippen molar-refractivity contribution in [2.24, 2.45) is 5.10 Å². The molecule has 1 saturated heterocycles. The first kappa shape index (κ1) is 38.4. The molecule has 1 aliphatic heterocycles. The lowest BCUT2D eigenvalue weighted by Crippen LogP contribution is -2.53. The molecule has 3 rings (SSSR count). The van der Waals surface area contributed by atoms with Crippen LogP contribution in [-0.2, 0) is 4.79 Å². The molecule has 1 aliphatic carbocycles. The number of ether oxygens (including phenoxy) is 1. The topological polar surface area (TPSA) is 110 Å². The van der Waals surface area contributed by atoms with E-state index in [1.165, 1.54) is 29.3 Å². The Bertz CT molecular complexity index is 1450. The maximum absolute atomic E-state index is 14.8. The molecule has 0 radical (unpaired) electrons. The van der Waals surface area contributed by atoms with Gasteiger partial charge in [-0.25, -0.2) is 0 Å². The standard InChI is InChI=1S/C36H49F3N6O3/c1-6-8-11-29(23-44-20-19-41-35(24-44)15-16-35)45(34(47)30(26(3)4)12-9-10-27(5)7-2)31-21-28(32(46)22-43-42-18-17-40)13-14-33(31)48-25-36(37,38)39/h9-14,17-18,21,40-41,43H,6-8,15-16,19-20,22-25H2,1-5H3/b12-9-,27-10?,29-11+,40-17?,42-18-. The van der Waals surface area contributed by atoms with Gasteiger partial charge in [-0.15, -0.1) is 0 Å². The number of allylic oxidation sites excluding steroid dienone is 5. The third-order valence-corrected chi connectivity index (χ3v) is 8.22. The van der Waals surface area contributed by atoms with Gasteiger partial charge in [0.1, 0.15) is 5.75 Å². The van der Waals surface area contributed by atoms with Crippen LogP contribution in [0.2, 0.25) is 0 Å². The molecular weight excluding hydrogens is 621 g/mol. The van der Waals surface area contributed by atoms with Crippen molar-refractivity contribution in [3.8, 4) is 5.75 Å². The summed E-state index contributed by atoms with van der Waals surface area (Å²) < 4.78 is 45.8. The molecular formula is C36H49F3N6O3. The van der Waals surface area contributed by atoms with Crippen LogP contribution in [0.25, 0.3) is 0 Å². The summed E-state index contributed by atoms with van der Waals surface area (Å²) in [4.78, 5) is 31.7. The molecule has 1 aromatic rings. The Labute approximate surface area is 282 Å². The fourth-order valence-electron chi connectivity index (χ4n) is 5.28. The lowest BCUT2D eigenvalue weighted by molar-refractivity contribution is -0.153. The number of nitrogens with one attached hydrogen (secondary N) is 3. The van der Waals surface area contributed by atoms with Crippen molar-refractivity contribution >= 4 is 29.8 Å². The maximum Gasteiger partial charge on any atom is 0.422 e. The summed E-state index contributed by atoms with van der Waals surface area (Å²) in [5, 5.41) is 14.4. The highest BCUT2D eigenvalue weighted by Crippen LogP contribution is 2.39. The molecule has 0 atom stereocenters. The molecule has 3 N–H and O–H groups in total. The number of carbonyl (C=O) groups excluding carboxylic acids is 2. The zero-order valence-corrected chi connectivity index (χ0v) is 28.7. The van der Waals surface area contributed by atoms with Gasteiger partial charge in [0.25, 0.3) is 5.91 Å². The lowest BCUT2D eigenvalue weighted by atomic mass is 10.0. The Kier molecular flexibility index (Phi) is 14.4. The van der Waals surface area contributed by atoms with Crippen molar-refractivity contribution in [2.45, 2.75) is 78.4 Å². The van der Waals surface area contributed by atoms with Crippen molar-refractivity contribution in [2.75, 3.05) is 44.2 Å². The van der Waals surface area contributed by atoms with Gasteiger partial charge < -0.3 is 20.9 Å². The normalized spacial score (nSPS) is 16.8. The van der Waals surface area contributed by atoms with Crippen molar-refractivity contribution in [3.63, 3.8) is 0 Å². The number of hydrazone groups is 1. The molecule has 48 heavy (non-hydrogen) atoms. The number of hydrogen-bond acceptors (Lipinski definition) is 8. The van der Waals surface area contributed by atoms with Crippen LogP contribution in [0.3, 0.4) is 0 Å². The predicted octanol–water partition coefficient (Wildman–Crippen LogP) is 6.74. The van der Waals surface area contributed by atoms with Crippen molar-refractivity contribution in [1.82, 2.24) is 15.6 Å². The number of Topliss-reactive ketones (excluding diaryl/α,β-unsaturated/α-hetero) is 1. The fourth-order valence-corrected chi connectivity index (χ4v) is 5.28. The molecule has 2 aliphatic rings. The summed E-state index contributed by atoms with van der Waals surface area (Å²) in [6.45, 7) is 10.6. The van der Waals surface area contributed by atoms with Gasteiger partial charge in [-0.1, -0.05) is 49.6 Å². The van der Waals surface area contributed by atoms with Gasteiger partial charge in [0.15, 0.2) is 12.4 Å². The third kappa shape index (κ3) is 11.6. The Morgan fingerprint density at radius 1 is 1.21 bits per heavy atom. The second-order valence-corrected chi connectivity index (χ2v) is 12.5. The first-order valence-electron chi connectivity index (χ1n) is 16.5. The number of carbonyl (C=O) groups is 2. The van der Waals surface area contributed by atoms with Gasteiger partial charge >= 0.3 is 6.18 Å². The zero-order chi connectivity index (χ0) is 35.3. The molecule has 2 fully saturated rings. The third-order valence-electron chi connectivity index (χ3n) is 8.22. The van der Waals surface area contributed by atoms with Crippen LogP contribution < -0.4 is 20.4 Å². The van der Waals surface area contributed by atoms with Crippen LogP contribution in [0.4, 0.5) is 18.9 Å². The molecule has 1 saturated carbocycles. The lowest BCUT2D eigenvalue weighted by Gasteiger charge is -2.37. The number of unbranched alkanes of at least 4 members (excludes halogenated alkanes) is 1. The summed E-state index contributed by atoms with van der Waals surface area (Å²) in [5.41, 5.74) is 5.63. The van der Waals surface area contributed by atoms with Gasteiger partial charge in [-0.3, -0.25) is 19.4 Å². The van der Waals surface area contributed by atoms with Crippen molar-refractivity contribution < 1.29 is 27.5 Å². The van der Waals surface area contributed by atoms with E-state index in [2.05, 4.69) is 20.7 Å². The summed E-state index contributed by atoms with van der Waals surface area (Å²) in [7, 11) is 0. The molecule has 9 nitrogen and oxygen atoms in total. The first-order chi connectivity index (χ1) is 22.8. The van der Waals surface area contributed by atoms with E-state index in [9.17, 15) is 22.8 Å². The SMILES string of the molecule is CCC/C=C(\CN1CCNC2(CC2)C1)N(C(=O)C(/C=C\C=C(C)CC)=C(C)C)c1cc(C(=O)CN/N=C\C=N)ccc1OCC(F)(F)F. The second-order valence-electron chi connectivity index (χ2n) is 12.5. The molecule has 12 heteroatoms. The number of rotatable bonds is 17.